The Bertz CT molecular complexity index is 1530. The Kier molecular flexibility index (Phi) is 8.33. The highest BCUT2D eigenvalue weighted by Crippen LogP contribution is 2.46. The monoisotopic (exact) mass is 614 g/mol. The smallest absolute Gasteiger partial charge is 0.418 e. The fourth-order valence-electron chi connectivity index (χ4n) is 4.80. The van der Waals surface area contributed by atoms with Gasteiger partial charge in [-0.25, -0.2) is 27.2 Å². The molecule has 1 aliphatic carbocycles. The van der Waals surface area contributed by atoms with Crippen LogP contribution < -0.4 is 10.0 Å². The molecular weight excluding hydrogens is 588 g/mol. The van der Waals surface area contributed by atoms with E-state index in [1.165, 1.54) is 30.3 Å². The summed E-state index contributed by atoms with van der Waals surface area (Å²) in [6.07, 6.45) is -5.86. The second kappa shape index (κ2) is 11.3. The van der Waals surface area contributed by atoms with Crippen molar-refractivity contribution in [2.45, 2.75) is 44.1 Å². The first-order valence-electron chi connectivity index (χ1n) is 12.6. The molecule has 226 valence electrons. The van der Waals surface area contributed by atoms with Crippen molar-refractivity contribution in [2.24, 2.45) is 0 Å². The van der Waals surface area contributed by atoms with Crippen molar-refractivity contribution < 1.29 is 49.9 Å². The number of imide groups is 1. The fraction of sp³-hybridized carbons (Fsp3) is 0.385. The molecule has 1 saturated heterocycles. The lowest BCUT2D eigenvalue weighted by atomic mass is 9.94. The largest absolute Gasteiger partial charge is 0.427 e. The zero-order valence-electron chi connectivity index (χ0n) is 22.3. The minimum Gasteiger partial charge on any atom is -0.427 e. The quantitative estimate of drug-likeness (QED) is 0.413. The average Bonchev–Trinajstić information content (AvgIpc) is 3.38. The molecule has 2 aromatic carbocycles. The molecule has 1 fully saturated rings. The van der Waals surface area contributed by atoms with Crippen LogP contribution in [0.25, 0.3) is 0 Å². The van der Waals surface area contributed by atoms with Gasteiger partial charge >= 0.3 is 12.3 Å². The number of hydrogen-bond donors (Lipinski definition) is 2. The van der Waals surface area contributed by atoms with Gasteiger partial charge in [0.2, 0.25) is 27.4 Å². The third-order valence-electron chi connectivity index (χ3n) is 7.10. The Morgan fingerprint density at radius 2 is 1.81 bits per heavy atom. The van der Waals surface area contributed by atoms with Crippen molar-refractivity contribution in [3.05, 3.63) is 65.0 Å². The maximum absolute atomic E-state index is 13.6. The van der Waals surface area contributed by atoms with Crippen LogP contribution in [0.2, 0.25) is 0 Å². The summed E-state index contributed by atoms with van der Waals surface area (Å²) in [5.74, 6) is -4.38. The first kappa shape index (κ1) is 30.9. The van der Waals surface area contributed by atoms with E-state index >= 15 is 0 Å². The van der Waals surface area contributed by atoms with E-state index < -0.39 is 76.3 Å². The van der Waals surface area contributed by atoms with E-state index in [1.54, 1.807) is 0 Å². The Morgan fingerprint density at radius 1 is 1.14 bits per heavy atom. The van der Waals surface area contributed by atoms with Gasteiger partial charge in [0.25, 0.3) is 5.91 Å². The molecular formula is C26H26F4N4O7S. The van der Waals surface area contributed by atoms with Gasteiger partial charge in [-0.15, -0.1) is 0 Å². The molecule has 2 aliphatic rings. The third kappa shape index (κ3) is 6.23. The first-order chi connectivity index (χ1) is 19.6. The topological polar surface area (TPSA) is 142 Å². The number of carbonyl (C=O) groups is 4. The Labute approximate surface area is 237 Å². The van der Waals surface area contributed by atoms with Crippen LogP contribution in [-0.4, -0.2) is 73.6 Å². The van der Waals surface area contributed by atoms with Crippen LogP contribution in [0.5, 0.6) is 0 Å². The van der Waals surface area contributed by atoms with E-state index in [0.717, 1.165) is 26.1 Å². The van der Waals surface area contributed by atoms with Crippen LogP contribution in [0, 0.1) is 5.82 Å². The summed E-state index contributed by atoms with van der Waals surface area (Å²) < 4.78 is 84.8. The number of hydrogen-bond acceptors (Lipinski definition) is 7. The zero-order valence-corrected chi connectivity index (χ0v) is 23.1. The normalized spacial score (nSPS) is 19.0. The molecule has 4 rings (SSSR count). The third-order valence-corrected chi connectivity index (χ3v) is 8.36. The van der Waals surface area contributed by atoms with E-state index in [0.29, 0.717) is 15.4 Å². The van der Waals surface area contributed by atoms with E-state index in [2.05, 4.69) is 5.32 Å². The molecule has 42 heavy (non-hydrogen) atoms. The van der Waals surface area contributed by atoms with Gasteiger partial charge in [0, 0.05) is 24.2 Å². The molecule has 0 bridgehead atoms. The predicted molar refractivity (Wildman–Crippen MR) is 139 cm³/mol. The summed E-state index contributed by atoms with van der Waals surface area (Å²) >= 11 is 0. The number of carbonyl (C=O) groups excluding carboxylic acids is 4. The summed E-state index contributed by atoms with van der Waals surface area (Å²) in [4.78, 5) is 52.4. The number of alkyl halides is 3. The van der Waals surface area contributed by atoms with Crippen molar-refractivity contribution >= 4 is 39.5 Å². The zero-order chi connectivity index (χ0) is 31.0. The average molecular weight is 615 g/mol. The second-order valence-electron chi connectivity index (χ2n) is 9.84. The van der Waals surface area contributed by atoms with Crippen LogP contribution in [0.1, 0.15) is 30.0 Å². The minimum absolute atomic E-state index is 0.0264. The first-order valence-corrected chi connectivity index (χ1v) is 14.2. The fourth-order valence-corrected chi connectivity index (χ4v) is 5.36. The number of aryl methyl sites for hydroxylation is 1. The number of benzene rings is 2. The van der Waals surface area contributed by atoms with Crippen molar-refractivity contribution in [1.82, 2.24) is 14.5 Å². The lowest BCUT2D eigenvalue weighted by Crippen LogP contribution is -2.51. The number of nitrogens with one attached hydrogen (secondary N) is 2. The second-order valence-corrected chi connectivity index (χ2v) is 11.8. The molecule has 2 N–H and O–H groups in total. The Morgan fingerprint density at radius 3 is 2.43 bits per heavy atom. The van der Waals surface area contributed by atoms with Crippen LogP contribution in [0.3, 0.4) is 0 Å². The molecule has 0 aromatic heterocycles. The SMILES string of the molecule is CNS(=O)(=O)CC(=O)Nc1ccc2c(c1)CC[C@@]21OC(=O)N(CC(=O)N(Cc2ccc(F)cc2)[C@@H](C)C(F)(F)F)C1=O. The van der Waals surface area contributed by atoms with E-state index in [-0.39, 0.29) is 29.7 Å². The summed E-state index contributed by atoms with van der Waals surface area (Å²) in [6.45, 7) is -0.829. The number of halogens is 4. The van der Waals surface area contributed by atoms with Crippen molar-refractivity contribution in [3.8, 4) is 0 Å². The predicted octanol–water partition coefficient (Wildman–Crippen LogP) is 2.41. The number of ether oxygens (including phenoxy) is 1. The maximum atomic E-state index is 13.6. The van der Waals surface area contributed by atoms with Crippen molar-refractivity contribution in [1.29, 1.82) is 0 Å². The van der Waals surface area contributed by atoms with Gasteiger partial charge in [-0.05, 0) is 55.8 Å². The molecule has 1 heterocycles. The maximum Gasteiger partial charge on any atom is 0.418 e. The van der Waals surface area contributed by atoms with E-state index in [4.69, 9.17) is 4.74 Å². The molecule has 0 unspecified atom stereocenters. The highest BCUT2D eigenvalue weighted by molar-refractivity contribution is 7.90. The molecule has 1 spiro atoms. The van der Waals surface area contributed by atoms with Gasteiger partial charge in [-0.2, -0.15) is 13.2 Å². The summed E-state index contributed by atoms with van der Waals surface area (Å²) in [5, 5.41) is 2.43. The van der Waals surface area contributed by atoms with Crippen LogP contribution in [-0.2, 0) is 47.7 Å². The minimum atomic E-state index is -4.83. The van der Waals surface area contributed by atoms with Gasteiger partial charge < -0.3 is 15.0 Å². The van der Waals surface area contributed by atoms with Gasteiger partial charge in [-0.1, -0.05) is 18.2 Å². The lowest BCUT2D eigenvalue weighted by Gasteiger charge is -2.31. The van der Waals surface area contributed by atoms with Gasteiger partial charge in [0.05, 0.1) is 0 Å². The molecule has 2 atom stereocenters. The Balaban J connectivity index is 1.53. The number of nitrogens with zero attached hydrogens (tertiary/aromatic N) is 2. The number of anilines is 1. The molecule has 0 radical (unpaired) electrons. The number of amides is 4. The van der Waals surface area contributed by atoms with Crippen LogP contribution >= 0.6 is 0 Å². The molecule has 4 amide bonds. The van der Waals surface area contributed by atoms with E-state index in [9.17, 15) is 45.2 Å². The van der Waals surface area contributed by atoms with Gasteiger partial charge in [0.15, 0.2) is 0 Å². The van der Waals surface area contributed by atoms with Crippen LogP contribution in [0.4, 0.5) is 28.0 Å². The molecule has 11 nitrogen and oxygen atoms in total. The lowest BCUT2D eigenvalue weighted by molar-refractivity contribution is -0.187. The standard InChI is InChI=1S/C26H26F4N4O7S/c1-15(26(28,29)30)33(12-16-3-5-18(27)6-4-16)22(36)13-34-23(37)25(41-24(34)38)10-9-17-11-19(7-8-20(17)25)32-21(35)14-42(39,40)31-2/h3-8,11,15,31H,9-10,12-14H2,1-2H3,(H,32,35)/t15-,25+/m0/s1. The van der Waals surface area contributed by atoms with Crippen molar-refractivity contribution in [2.75, 3.05) is 24.7 Å². The molecule has 16 heteroatoms. The number of fused-ring (bicyclic) bond motifs is 2. The van der Waals surface area contributed by atoms with Gasteiger partial charge in [-0.3, -0.25) is 14.4 Å². The van der Waals surface area contributed by atoms with Crippen molar-refractivity contribution in [3.63, 3.8) is 0 Å². The summed E-state index contributed by atoms with van der Waals surface area (Å²) in [5.41, 5.74) is -0.625. The van der Waals surface area contributed by atoms with E-state index in [1.807, 2.05) is 4.72 Å². The molecule has 2 aromatic rings. The van der Waals surface area contributed by atoms with Gasteiger partial charge in [0.1, 0.15) is 24.2 Å². The summed E-state index contributed by atoms with van der Waals surface area (Å²) in [7, 11) is -2.65. The number of rotatable bonds is 9. The summed E-state index contributed by atoms with van der Waals surface area (Å²) in [6, 6.07) is 6.47. The Hall–Kier alpha value is -4.05. The van der Waals surface area contributed by atoms with Crippen LogP contribution in [0.15, 0.2) is 42.5 Å². The highest BCUT2D eigenvalue weighted by atomic mass is 32.2. The molecule has 1 aliphatic heterocycles. The molecule has 0 saturated carbocycles. The highest BCUT2D eigenvalue weighted by Gasteiger charge is 2.58. The number of sulfonamides is 1.